The van der Waals surface area contributed by atoms with Crippen molar-refractivity contribution in [2.75, 3.05) is 29.9 Å². The number of nitrogens with zero attached hydrogens (tertiary/aromatic N) is 1. The average molecular weight is 343 g/mol. The quantitative estimate of drug-likeness (QED) is 0.812. The number of anilines is 2. The number of amides is 2. The molecule has 2 heterocycles. The highest BCUT2D eigenvalue weighted by Gasteiger charge is 2.21. The van der Waals surface area contributed by atoms with Gasteiger partial charge >= 0.3 is 0 Å². The number of carbonyl (C=O) groups excluding carboxylic acids is 2. The van der Waals surface area contributed by atoms with E-state index in [2.05, 4.69) is 16.7 Å². The van der Waals surface area contributed by atoms with Gasteiger partial charge in [0.1, 0.15) is 0 Å². The van der Waals surface area contributed by atoms with Gasteiger partial charge in [0.05, 0.1) is 6.54 Å². The Morgan fingerprint density at radius 3 is 2.71 bits per heavy atom. The standard InChI is InChI=1S/C18H21N3O2S/c22-17(19-10-9-16-3-2-12-24-16)13-20-14-5-7-15(8-6-14)21-11-1-4-18(21)23/h2-3,5-8,12,20H,1,4,9-11,13H2,(H,19,22). The van der Waals surface area contributed by atoms with Gasteiger partial charge in [-0.2, -0.15) is 0 Å². The van der Waals surface area contributed by atoms with Gasteiger partial charge in [0.15, 0.2) is 0 Å². The van der Waals surface area contributed by atoms with E-state index in [9.17, 15) is 9.59 Å². The summed E-state index contributed by atoms with van der Waals surface area (Å²) in [6.45, 7) is 1.68. The molecule has 0 saturated carbocycles. The van der Waals surface area contributed by atoms with Crippen LogP contribution >= 0.6 is 11.3 Å². The van der Waals surface area contributed by atoms with Gasteiger partial charge in [0, 0.05) is 35.8 Å². The highest BCUT2D eigenvalue weighted by Crippen LogP contribution is 2.22. The Morgan fingerprint density at radius 1 is 1.21 bits per heavy atom. The van der Waals surface area contributed by atoms with Crippen LogP contribution in [0.15, 0.2) is 41.8 Å². The normalized spacial score (nSPS) is 14.0. The highest BCUT2D eigenvalue weighted by molar-refractivity contribution is 7.09. The Balaban J connectivity index is 1.41. The molecule has 5 nitrogen and oxygen atoms in total. The number of nitrogens with one attached hydrogen (secondary N) is 2. The summed E-state index contributed by atoms with van der Waals surface area (Å²) >= 11 is 1.70. The second-order valence-electron chi connectivity index (χ2n) is 5.73. The minimum Gasteiger partial charge on any atom is -0.376 e. The van der Waals surface area contributed by atoms with E-state index in [4.69, 9.17) is 0 Å². The summed E-state index contributed by atoms with van der Waals surface area (Å²) in [5.74, 6) is 0.159. The minimum absolute atomic E-state index is 0.0228. The number of benzene rings is 1. The first-order chi connectivity index (χ1) is 11.7. The predicted octanol–water partition coefficient (Wildman–Crippen LogP) is 2.65. The number of carbonyl (C=O) groups is 2. The average Bonchev–Trinajstić information content (AvgIpc) is 3.25. The Labute approximate surface area is 145 Å². The Kier molecular flexibility index (Phi) is 5.48. The van der Waals surface area contributed by atoms with Crippen LogP contribution in [-0.2, 0) is 16.0 Å². The van der Waals surface area contributed by atoms with E-state index in [0.717, 1.165) is 30.8 Å². The van der Waals surface area contributed by atoms with Crippen LogP contribution in [-0.4, -0.2) is 31.4 Å². The molecule has 126 valence electrons. The van der Waals surface area contributed by atoms with Gasteiger partial charge in [-0.15, -0.1) is 11.3 Å². The molecule has 1 aliphatic heterocycles. The van der Waals surface area contributed by atoms with E-state index in [1.54, 1.807) is 16.2 Å². The first-order valence-electron chi connectivity index (χ1n) is 8.16. The maximum Gasteiger partial charge on any atom is 0.239 e. The van der Waals surface area contributed by atoms with Crippen molar-refractivity contribution in [1.29, 1.82) is 0 Å². The fraction of sp³-hybridized carbons (Fsp3) is 0.333. The van der Waals surface area contributed by atoms with E-state index < -0.39 is 0 Å². The molecule has 1 aromatic heterocycles. The highest BCUT2D eigenvalue weighted by atomic mass is 32.1. The maximum atomic E-state index is 11.8. The van der Waals surface area contributed by atoms with Crippen molar-refractivity contribution in [3.63, 3.8) is 0 Å². The van der Waals surface area contributed by atoms with Gasteiger partial charge in [-0.3, -0.25) is 9.59 Å². The fourth-order valence-corrected chi connectivity index (χ4v) is 3.41. The van der Waals surface area contributed by atoms with Crippen molar-refractivity contribution in [1.82, 2.24) is 5.32 Å². The minimum atomic E-state index is -0.0228. The van der Waals surface area contributed by atoms with Crippen LogP contribution < -0.4 is 15.5 Å². The molecule has 0 spiro atoms. The van der Waals surface area contributed by atoms with E-state index in [1.165, 1.54) is 4.88 Å². The first kappa shape index (κ1) is 16.5. The van der Waals surface area contributed by atoms with Crippen LogP contribution in [0.5, 0.6) is 0 Å². The Morgan fingerprint density at radius 2 is 2.04 bits per heavy atom. The van der Waals surface area contributed by atoms with Gasteiger partial charge < -0.3 is 15.5 Å². The SMILES string of the molecule is O=C(CNc1ccc(N2CCCC2=O)cc1)NCCc1cccs1. The third-order valence-electron chi connectivity index (χ3n) is 3.98. The Hall–Kier alpha value is -2.34. The lowest BCUT2D eigenvalue weighted by Crippen LogP contribution is -2.31. The second-order valence-corrected chi connectivity index (χ2v) is 6.76. The molecule has 0 unspecified atom stereocenters. The first-order valence-corrected chi connectivity index (χ1v) is 9.04. The van der Waals surface area contributed by atoms with E-state index in [1.807, 2.05) is 35.7 Å². The summed E-state index contributed by atoms with van der Waals surface area (Å²) in [6.07, 6.45) is 2.41. The number of hydrogen-bond donors (Lipinski definition) is 2. The molecule has 3 rings (SSSR count). The summed E-state index contributed by atoms with van der Waals surface area (Å²) in [5.41, 5.74) is 1.79. The smallest absolute Gasteiger partial charge is 0.239 e. The molecular formula is C18H21N3O2S. The molecule has 0 aliphatic carbocycles. The van der Waals surface area contributed by atoms with Gasteiger partial charge in [-0.1, -0.05) is 6.07 Å². The largest absolute Gasteiger partial charge is 0.376 e. The van der Waals surface area contributed by atoms with Crippen LogP contribution in [0, 0.1) is 0 Å². The van der Waals surface area contributed by atoms with Crippen molar-refractivity contribution >= 4 is 34.5 Å². The van der Waals surface area contributed by atoms with Crippen molar-refractivity contribution in [3.05, 3.63) is 46.7 Å². The molecule has 1 aliphatic rings. The lowest BCUT2D eigenvalue weighted by Gasteiger charge is -2.16. The van der Waals surface area contributed by atoms with Gasteiger partial charge in [0.25, 0.3) is 0 Å². The molecule has 0 bridgehead atoms. The lowest BCUT2D eigenvalue weighted by molar-refractivity contribution is -0.119. The fourth-order valence-electron chi connectivity index (χ4n) is 2.71. The van der Waals surface area contributed by atoms with Crippen molar-refractivity contribution < 1.29 is 9.59 Å². The zero-order valence-corrected chi connectivity index (χ0v) is 14.3. The van der Waals surface area contributed by atoms with Crippen molar-refractivity contribution in [3.8, 4) is 0 Å². The number of rotatable bonds is 7. The Bertz CT molecular complexity index is 683. The molecule has 1 aromatic carbocycles. The molecule has 6 heteroatoms. The molecule has 0 radical (unpaired) electrons. The lowest BCUT2D eigenvalue weighted by atomic mass is 10.2. The molecule has 1 fully saturated rings. The monoisotopic (exact) mass is 343 g/mol. The third-order valence-corrected chi connectivity index (χ3v) is 4.92. The zero-order valence-electron chi connectivity index (χ0n) is 13.5. The summed E-state index contributed by atoms with van der Waals surface area (Å²) in [6, 6.07) is 11.7. The van der Waals surface area contributed by atoms with E-state index >= 15 is 0 Å². The van der Waals surface area contributed by atoms with Gasteiger partial charge in [-0.05, 0) is 48.6 Å². The summed E-state index contributed by atoms with van der Waals surface area (Å²) in [7, 11) is 0. The van der Waals surface area contributed by atoms with Crippen LogP contribution in [0.4, 0.5) is 11.4 Å². The summed E-state index contributed by atoms with van der Waals surface area (Å²) in [4.78, 5) is 26.6. The molecule has 2 amide bonds. The number of thiophene rings is 1. The molecule has 2 N–H and O–H groups in total. The van der Waals surface area contributed by atoms with Crippen molar-refractivity contribution in [2.24, 2.45) is 0 Å². The predicted molar refractivity (Wildman–Crippen MR) is 97.6 cm³/mol. The number of hydrogen-bond acceptors (Lipinski definition) is 4. The van der Waals surface area contributed by atoms with Gasteiger partial charge in [0.2, 0.25) is 11.8 Å². The van der Waals surface area contributed by atoms with Crippen molar-refractivity contribution in [2.45, 2.75) is 19.3 Å². The topological polar surface area (TPSA) is 61.4 Å². The maximum absolute atomic E-state index is 11.8. The van der Waals surface area contributed by atoms with Crippen LogP contribution in [0.3, 0.4) is 0 Å². The van der Waals surface area contributed by atoms with Crippen LogP contribution in [0.25, 0.3) is 0 Å². The molecule has 0 atom stereocenters. The zero-order chi connectivity index (χ0) is 16.8. The third kappa shape index (κ3) is 4.35. The molecule has 24 heavy (non-hydrogen) atoms. The summed E-state index contributed by atoms with van der Waals surface area (Å²) in [5, 5.41) is 8.05. The molecule has 2 aromatic rings. The van der Waals surface area contributed by atoms with Crippen LogP contribution in [0.2, 0.25) is 0 Å². The summed E-state index contributed by atoms with van der Waals surface area (Å²) < 4.78 is 0. The second kappa shape index (κ2) is 7.97. The van der Waals surface area contributed by atoms with Crippen LogP contribution in [0.1, 0.15) is 17.7 Å². The van der Waals surface area contributed by atoms with E-state index in [-0.39, 0.29) is 18.4 Å². The van der Waals surface area contributed by atoms with Gasteiger partial charge in [-0.25, -0.2) is 0 Å². The van der Waals surface area contributed by atoms with E-state index in [0.29, 0.717) is 13.0 Å². The molecule has 1 saturated heterocycles. The molecular weight excluding hydrogens is 322 g/mol.